The first kappa shape index (κ1) is 16.1. The fourth-order valence-electron chi connectivity index (χ4n) is 2.89. The number of hydrogen-bond acceptors (Lipinski definition) is 5. The van der Waals surface area contributed by atoms with E-state index in [-0.39, 0.29) is 5.91 Å². The number of anilines is 1. The molecule has 1 N–H and O–H groups in total. The van der Waals surface area contributed by atoms with Crippen LogP contribution in [0.5, 0.6) is 11.6 Å². The van der Waals surface area contributed by atoms with Crippen LogP contribution in [0.2, 0.25) is 0 Å². The van der Waals surface area contributed by atoms with Gasteiger partial charge in [-0.25, -0.2) is 9.97 Å². The number of carbonyl (C=O) groups is 1. The Morgan fingerprint density at radius 1 is 1.00 bits per heavy atom. The van der Waals surface area contributed by atoms with E-state index >= 15 is 0 Å². The van der Waals surface area contributed by atoms with Gasteiger partial charge in [0.1, 0.15) is 5.75 Å². The van der Waals surface area contributed by atoms with Gasteiger partial charge in [0.25, 0.3) is 11.8 Å². The molecule has 0 radical (unpaired) electrons. The molecule has 6 heteroatoms. The molecule has 0 bridgehead atoms. The summed E-state index contributed by atoms with van der Waals surface area (Å²) in [4.78, 5) is 23.5. The van der Waals surface area contributed by atoms with Crippen molar-refractivity contribution in [3.63, 3.8) is 0 Å². The molecule has 130 valence electrons. The second kappa shape index (κ2) is 7.23. The molecule has 0 fully saturated rings. The lowest BCUT2D eigenvalue weighted by Crippen LogP contribution is -2.35. The first-order valence-corrected chi connectivity index (χ1v) is 8.46. The number of aromatic nitrogens is 2. The topological polar surface area (TPSA) is 67.3 Å². The second-order valence-corrected chi connectivity index (χ2v) is 5.95. The van der Waals surface area contributed by atoms with Gasteiger partial charge < -0.3 is 15.0 Å². The molecule has 2 aromatic carbocycles. The van der Waals surface area contributed by atoms with Crippen molar-refractivity contribution < 1.29 is 9.53 Å². The molecule has 0 spiro atoms. The van der Waals surface area contributed by atoms with Crippen LogP contribution in [0.4, 0.5) is 5.82 Å². The van der Waals surface area contributed by atoms with E-state index in [2.05, 4.69) is 15.3 Å². The standard InChI is InChI=1S/C20H18N4O2/c25-20-16-8-4-5-9-17(16)26-19-18(21-10-11-23-19)22-12-13-24(20)14-15-6-2-1-3-7-15/h1-11H,12-14H2,(H,21,22). The van der Waals surface area contributed by atoms with Gasteiger partial charge in [-0.15, -0.1) is 0 Å². The maximum atomic E-state index is 13.2. The summed E-state index contributed by atoms with van der Waals surface area (Å²) < 4.78 is 5.90. The molecule has 1 amide bonds. The van der Waals surface area contributed by atoms with Crippen LogP contribution in [0.3, 0.4) is 0 Å². The molecule has 0 saturated carbocycles. The summed E-state index contributed by atoms with van der Waals surface area (Å²) in [6.45, 7) is 1.62. The van der Waals surface area contributed by atoms with E-state index in [0.717, 1.165) is 5.56 Å². The number of nitrogens with one attached hydrogen (secondary N) is 1. The summed E-state index contributed by atoms with van der Waals surface area (Å²) in [5.74, 6) is 1.33. The SMILES string of the molecule is O=C1c2ccccc2Oc2nccnc2NCCN1Cc1ccccc1. The van der Waals surface area contributed by atoms with Crippen molar-refractivity contribution in [2.24, 2.45) is 0 Å². The highest BCUT2D eigenvalue weighted by Crippen LogP contribution is 2.29. The van der Waals surface area contributed by atoms with Crippen molar-refractivity contribution in [1.82, 2.24) is 14.9 Å². The summed E-state index contributed by atoms with van der Waals surface area (Å²) in [6, 6.07) is 17.2. The third-order valence-corrected chi connectivity index (χ3v) is 4.17. The normalized spacial score (nSPS) is 13.8. The van der Waals surface area contributed by atoms with Crippen molar-refractivity contribution >= 4 is 11.7 Å². The minimum absolute atomic E-state index is 0.0707. The van der Waals surface area contributed by atoms with Gasteiger partial charge in [0.2, 0.25) is 0 Å². The third kappa shape index (κ3) is 3.35. The molecule has 1 aliphatic heterocycles. The van der Waals surface area contributed by atoms with Crippen molar-refractivity contribution in [2.45, 2.75) is 6.54 Å². The summed E-state index contributed by atoms with van der Waals surface area (Å²) >= 11 is 0. The Morgan fingerprint density at radius 3 is 2.65 bits per heavy atom. The van der Waals surface area contributed by atoms with Crippen molar-refractivity contribution in [1.29, 1.82) is 0 Å². The van der Waals surface area contributed by atoms with Crippen molar-refractivity contribution in [3.8, 4) is 11.6 Å². The predicted octanol–water partition coefficient (Wildman–Crippen LogP) is 3.34. The largest absolute Gasteiger partial charge is 0.435 e. The van der Waals surface area contributed by atoms with E-state index < -0.39 is 0 Å². The minimum atomic E-state index is -0.0707. The molecule has 6 nitrogen and oxygen atoms in total. The Bertz CT molecular complexity index is 914. The van der Waals surface area contributed by atoms with E-state index in [0.29, 0.717) is 42.6 Å². The Labute approximate surface area is 151 Å². The Morgan fingerprint density at radius 2 is 1.77 bits per heavy atom. The number of para-hydroxylation sites is 1. The fourth-order valence-corrected chi connectivity index (χ4v) is 2.89. The molecule has 1 aliphatic rings. The summed E-state index contributed by atoms with van der Waals surface area (Å²) in [6.07, 6.45) is 3.18. The molecular weight excluding hydrogens is 328 g/mol. The zero-order chi connectivity index (χ0) is 17.8. The molecule has 4 rings (SSSR count). The number of fused-ring (bicyclic) bond motifs is 2. The number of rotatable bonds is 2. The zero-order valence-corrected chi connectivity index (χ0v) is 14.1. The highest BCUT2D eigenvalue weighted by atomic mass is 16.5. The fraction of sp³-hybridized carbons (Fsp3) is 0.150. The van der Waals surface area contributed by atoms with Gasteiger partial charge in [0.15, 0.2) is 5.82 Å². The number of hydrogen-bond donors (Lipinski definition) is 1. The Hall–Kier alpha value is -3.41. The molecule has 26 heavy (non-hydrogen) atoms. The van der Waals surface area contributed by atoms with Crippen LogP contribution in [-0.2, 0) is 6.54 Å². The molecular formula is C20H18N4O2. The smallest absolute Gasteiger partial charge is 0.262 e. The lowest BCUT2D eigenvalue weighted by atomic mass is 10.1. The quantitative estimate of drug-likeness (QED) is 0.771. The number of carbonyl (C=O) groups excluding carboxylic acids is 1. The van der Waals surface area contributed by atoms with Crippen molar-refractivity contribution in [2.75, 3.05) is 18.4 Å². The Balaban J connectivity index is 1.71. The number of ether oxygens (including phenoxy) is 1. The minimum Gasteiger partial charge on any atom is -0.435 e. The number of benzene rings is 2. The molecule has 0 atom stereocenters. The van der Waals surface area contributed by atoms with Gasteiger partial charge in [-0.2, -0.15) is 0 Å². The van der Waals surface area contributed by atoms with Gasteiger partial charge in [-0.1, -0.05) is 42.5 Å². The van der Waals surface area contributed by atoms with Gasteiger partial charge in [-0.3, -0.25) is 4.79 Å². The maximum absolute atomic E-state index is 13.2. The third-order valence-electron chi connectivity index (χ3n) is 4.17. The van der Waals surface area contributed by atoms with E-state index in [9.17, 15) is 4.79 Å². The van der Waals surface area contributed by atoms with Gasteiger partial charge in [0, 0.05) is 32.0 Å². The van der Waals surface area contributed by atoms with Crippen LogP contribution in [0.15, 0.2) is 67.0 Å². The monoisotopic (exact) mass is 346 g/mol. The molecule has 0 unspecified atom stereocenters. The highest BCUT2D eigenvalue weighted by molar-refractivity contribution is 5.97. The Kier molecular flexibility index (Phi) is 4.47. The second-order valence-electron chi connectivity index (χ2n) is 5.95. The average Bonchev–Trinajstić information content (AvgIpc) is 2.69. The van der Waals surface area contributed by atoms with Crippen LogP contribution in [-0.4, -0.2) is 33.9 Å². The zero-order valence-electron chi connectivity index (χ0n) is 14.1. The molecule has 3 aromatic rings. The van der Waals surface area contributed by atoms with Crippen molar-refractivity contribution in [3.05, 3.63) is 78.1 Å². The van der Waals surface area contributed by atoms with Crippen LogP contribution in [0, 0.1) is 0 Å². The summed E-state index contributed by atoms with van der Waals surface area (Å²) in [5.41, 5.74) is 1.60. The van der Waals surface area contributed by atoms with Gasteiger partial charge in [0.05, 0.1) is 5.56 Å². The first-order chi connectivity index (χ1) is 12.8. The maximum Gasteiger partial charge on any atom is 0.262 e. The molecule has 1 aromatic heterocycles. The first-order valence-electron chi connectivity index (χ1n) is 8.46. The molecule has 2 heterocycles. The van der Waals surface area contributed by atoms with E-state index in [1.807, 2.05) is 47.4 Å². The predicted molar refractivity (Wildman–Crippen MR) is 98.2 cm³/mol. The van der Waals surface area contributed by atoms with E-state index in [4.69, 9.17) is 4.74 Å². The summed E-state index contributed by atoms with van der Waals surface area (Å²) in [5, 5.41) is 3.21. The average molecular weight is 346 g/mol. The van der Waals surface area contributed by atoms with Gasteiger partial charge >= 0.3 is 0 Å². The van der Waals surface area contributed by atoms with Crippen LogP contribution < -0.4 is 10.1 Å². The number of nitrogens with zero attached hydrogens (tertiary/aromatic N) is 3. The van der Waals surface area contributed by atoms with Gasteiger partial charge in [-0.05, 0) is 17.7 Å². The van der Waals surface area contributed by atoms with Crippen LogP contribution in [0.25, 0.3) is 0 Å². The highest BCUT2D eigenvalue weighted by Gasteiger charge is 2.22. The van der Waals surface area contributed by atoms with E-state index in [1.54, 1.807) is 24.5 Å². The molecule has 0 saturated heterocycles. The lowest BCUT2D eigenvalue weighted by Gasteiger charge is -2.25. The van der Waals surface area contributed by atoms with E-state index in [1.165, 1.54) is 0 Å². The summed E-state index contributed by atoms with van der Waals surface area (Å²) in [7, 11) is 0. The lowest BCUT2D eigenvalue weighted by molar-refractivity contribution is 0.0746. The van der Waals surface area contributed by atoms with Crippen LogP contribution >= 0.6 is 0 Å². The van der Waals surface area contributed by atoms with Crippen LogP contribution in [0.1, 0.15) is 15.9 Å². The molecule has 0 aliphatic carbocycles. The number of amides is 1.